The molecule has 0 aromatic heterocycles. The van der Waals surface area contributed by atoms with Gasteiger partial charge in [0, 0.05) is 17.5 Å². The molecule has 1 aliphatic heterocycles. The van der Waals surface area contributed by atoms with Crippen LogP contribution in [0.2, 0.25) is 0 Å². The highest BCUT2D eigenvalue weighted by molar-refractivity contribution is 5.52. The fourth-order valence-corrected chi connectivity index (χ4v) is 3.96. The van der Waals surface area contributed by atoms with Crippen molar-refractivity contribution in [3.8, 4) is 11.5 Å². The summed E-state index contributed by atoms with van der Waals surface area (Å²) in [5.41, 5.74) is 2.63. The Balaban J connectivity index is 1.94. The Bertz CT molecular complexity index is 572. The molecule has 1 fully saturated rings. The third-order valence-electron chi connectivity index (χ3n) is 5.18. The van der Waals surface area contributed by atoms with Gasteiger partial charge in [-0.1, -0.05) is 46.3 Å². The van der Waals surface area contributed by atoms with Gasteiger partial charge in [0.25, 0.3) is 0 Å². The van der Waals surface area contributed by atoms with Crippen molar-refractivity contribution in [3.05, 3.63) is 35.9 Å². The van der Waals surface area contributed by atoms with E-state index in [0.29, 0.717) is 6.61 Å². The van der Waals surface area contributed by atoms with Crippen LogP contribution in [-0.4, -0.2) is 12.2 Å². The maximum Gasteiger partial charge on any atom is 0.124 e. The fourth-order valence-electron chi connectivity index (χ4n) is 3.96. The Hall–Kier alpha value is -1.44. The third-order valence-corrected chi connectivity index (χ3v) is 5.18. The fraction of sp³-hybridized carbons (Fsp3) is 0.619. The molecular formula is C21H30O2. The molecule has 126 valence electrons. The number of ether oxygens (including phenoxy) is 2. The van der Waals surface area contributed by atoms with Crippen LogP contribution in [0.3, 0.4) is 0 Å². The second-order valence-corrected chi connectivity index (χ2v) is 8.18. The molecule has 1 saturated carbocycles. The number of hydrogen-bond donors (Lipinski definition) is 0. The zero-order valence-corrected chi connectivity index (χ0v) is 14.9. The van der Waals surface area contributed by atoms with E-state index in [1.807, 2.05) is 6.08 Å². The molecule has 0 radical (unpaired) electrons. The van der Waals surface area contributed by atoms with E-state index in [1.165, 1.54) is 49.7 Å². The first-order valence-corrected chi connectivity index (χ1v) is 9.04. The van der Waals surface area contributed by atoms with Crippen LogP contribution < -0.4 is 9.47 Å². The Morgan fingerprint density at radius 1 is 1.17 bits per heavy atom. The van der Waals surface area contributed by atoms with Crippen LogP contribution in [0.4, 0.5) is 0 Å². The number of benzene rings is 1. The van der Waals surface area contributed by atoms with Crippen molar-refractivity contribution in [2.75, 3.05) is 6.61 Å². The van der Waals surface area contributed by atoms with Gasteiger partial charge in [-0.2, -0.15) is 0 Å². The minimum Gasteiger partial charge on any atom is -0.489 e. The lowest BCUT2D eigenvalue weighted by atomic mass is 9.84. The summed E-state index contributed by atoms with van der Waals surface area (Å²) in [6.45, 7) is 11.0. The molecular weight excluding hydrogens is 284 g/mol. The quantitative estimate of drug-likeness (QED) is 0.678. The molecule has 1 aromatic rings. The van der Waals surface area contributed by atoms with Crippen molar-refractivity contribution in [3.63, 3.8) is 0 Å². The van der Waals surface area contributed by atoms with E-state index in [9.17, 15) is 0 Å². The van der Waals surface area contributed by atoms with Crippen LogP contribution in [0.15, 0.2) is 24.8 Å². The molecule has 1 spiro atoms. The first-order valence-electron chi connectivity index (χ1n) is 9.04. The van der Waals surface area contributed by atoms with Crippen LogP contribution in [0, 0.1) is 0 Å². The molecule has 0 atom stereocenters. The van der Waals surface area contributed by atoms with Gasteiger partial charge in [0.2, 0.25) is 0 Å². The molecule has 1 heterocycles. The summed E-state index contributed by atoms with van der Waals surface area (Å²) >= 11 is 0. The van der Waals surface area contributed by atoms with Crippen molar-refractivity contribution in [1.82, 2.24) is 0 Å². The third kappa shape index (κ3) is 3.41. The van der Waals surface area contributed by atoms with Gasteiger partial charge in [0.15, 0.2) is 0 Å². The molecule has 2 heteroatoms. The van der Waals surface area contributed by atoms with Crippen LogP contribution in [0.25, 0.3) is 0 Å². The van der Waals surface area contributed by atoms with Gasteiger partial charge in [-0.25, -0.2) is 0 Å². The maximum atomic E-state index is 6.53. The standard InChI is InChI=1S/C21H30O2/c1-5-12-22-19-13-16-15-21(10-8-6-7-9-11-21)23-18(16)14-17(19)20(2,3)4/h5,13-14H,1,6-12,15H2,2-4H3. The monoisotopic (exact) mass is 314 g/mol. The molecule has 0 amide bonds. The average Bonchev–Trinajstić information content (AvgIpc) is 2.67. The molecule has 0 N–H and O–H groups in total. The molecule has 0 saturated heterocycles. The van der Waals surface area contributed by atoms with Crippen LogP contribution >= 0.6 is 0 Å². The Labute approximate surface area is 140 Å². The Morgan fingerprint density at radius 3 is 2.48 bits per heavy atom. The minimum atomic E-state index is 0.0358. The van der Waals surface area contributed by atoms with E-state index in [-0.39, 0.29) is 11.0 Å². The van der Waals surface area contributed by atoms with Gasteiger partial charge >= 0.3 is 0 Å². The van der Waals surface area contributed by atoms with Gasteiger partial charge in [-0.15, -0.1) is 0 Å². The van der Waals surface area contributed by atoms with Gasteiger partial charge < -0.3 is 9.47 Å². The topological polar surface area (TPSA) is 18.5 Å². The second-order valence-electron chi connectivity index (χ2n) is 8.18. The SMILES string of the molecule is C=CCOc1cc2c(cc1C(C)(C)C)OC1(CCCCCC1)C2. The lowest BCUT2D eigenvalue weighted by Crippen LogP contribution is -2.33. The van der Waals surface area contributed by atoms with Gasteiger partial charge in [-0.05, 0) is 43.2 Å². The summed E-state index contributed by atoms with van der Waals surface area (Å²) in [6.07, 6.45) is 10.5. The molecule has 0 unspecified atom stereocenters. The van der Waals surface area contributed by atoms with Gasteiger partial charge in [-0.3, -0.25) is 0 Å². The molecule has 1 aliphatic carbocycles. The highest BCUT2D eigenvalue weighted by Gasteiger charge is 2.40. The second kappa shape index (κ2) is 6.22. The highest BCUT2D eigenvalue weighted by Crippen LogP contribution is 2.46. The van der Waals surface area contributed by atoms with E-state index >= 15 is 0 Å². The first kappa shape index (κ1) is 16.4. The summed E-state index contributed by atoms with van der Waals surface area (Å²) in [5.74, 6) is 2.08. The van der Waals surface area contributed by atoms with E-state index in [0.717, 1.165) is 17.9 Å². The lowest BCUT2D eigenvalue weighted by molar-refractivity contribution is 0.0772. The normalized spacial score (nSPS) is 19.8. The van der Waals surface area contributed by atoms with E-state index < -0.39 is 0 Å². The van der Waals surface area contributed by atoms with Crippen molar-refractivity contribution >= 4 is 0 Å². The first-order chi connectivity index (χ1) is 10.9. The molecule has 1 aromatic carbocycles. The van der Waals surface area contributed by atoms with Crippen molar-refractivity contribution < 1.29 is 9.47 Å². The summed E-state index contributed by atoms with van der Waals surface area (Å²) in [4.78, 5) is 0. The highest BCUT2D eigenvalue weighted by atomic mass is 16.5. The molecule has 0 bridgehead atoms. The molecule has 23 heavy (non-hydrogen) atoms. The Morgan fingerprint density at radius 2 is 1.87 bits per heavy atom. The van der Waals surface area contributed by atoms with E-state index in [2.05, 4.69) is 39.5 Å². The van der Waals surface area contributed by atoms with Crippen LogP contribution in [0.5, 0.6) is 11.5 Å². The van der Waals surface area contributed by atoms with Gasteiger partial charge in [0.05, 0.1) is 0 Å². The molecule has 2 nitrogen and oxygen atoms in total. The maximum absolute atomic E-state index is 6.53. The zero-order chi connectivity index (χ0) is 16.5. The minimum absolute atomic E-state index is 0.0358. The van der Waals surface area contributed by atoms with Crippen LogP contribution in [-0.2, 0) is 11.8 Å². The number of rotatable bonds is 3. The summed E-state index contributed by atoms with van der Waals surface area (Å²) in [6, 6.07) is 4.45. The zero-order valence-electron chi connectivity index (χ0n) is 14.9. The predicted molar refractivity (Wildman–Crippen MR) is 95.6 cm³/mol. The molecule has 2 aliphatic rings. The Kier molecular flexibility index (Phi) is 4.44. The van der Waals surface area contributed by atoms with Crippen molar-refractivity contribution in [1.29, 1.82) is 0 Å². The van der Waals surface area contributed by atoms with E-state index in [4.69, 9.17) is 9.47 Å². The molecule has 3 rings (SSSR count). The van der Waals surface area contributed by atoms with Crippen LogP contribution in [0.1, 0.15) is 70.4 Å². The largest absolute Gasteiger partial charge is 0.489 e. The lowest BCUT2D eigenvalue weighted by Gasteiger charge is -2.27. The van der Waals surface area contributed by atoms with Crippen molar-refractivity contribution in [2.45, 2.75) is 76.7 Å². The van der Waals surface area contributed by atoms with E-state index in [1.54, 1.807) is 0 Å². The predicted octanol–water partition coefficient (Wildman–Crippen LogP) is 5.58. The summed E-state index contributed by atoms with van der Waals surface area (Å²) in [7, 11) is 0. The smallest absolute Gasteiger partial charge is 0.124 e. The summed E-state index contributed by atoms with van der Waals surface area (Å²) in [5, 5.41) is 0. The summed E-state index contributed by atoms with van der Waals surface area (Å²) < 4.78 is 12.5. The van der Waals surface area contributed by atoms with Gasteiger partial charge in [0.1, 0.15) is 23.7 Å². The number of hydrogen-bond acceptors (Lipinski definition) is 2. The van der Waals surface area contributed by atoms with Crippen molar-refractivity contribution in [2.24, 2.45) is 0 Å². The number of fused-ring (bicyclic) bond motifs is 1. The average molecular weight is 314 g/mol.